The van der Waals surface area contributed by atoms with Crippen molar-refractivity contribution in [3.05, 3.63) is 83.2 Å². The molecule has 3 aromatic carbocycles. The van der Waals surface area contributed by atoms with Gasteiger partial charge in [-0.05, 0) is 52.8 Å². The zero-order valence-corrected chi connectivity index (χ0v) is 22.3. The van der Waals surface area contributed by atoms with E-state index in [4.69, 9.17) is 0 Å². The number of nitrogens with one attached hydrogen (secondary N) is 2. The molecule has 2 heterocycles. The molecule has 0 aliphatic heterocycles. The Hall–Kier alpha value is -3.86. The summed E-state index contributed by atoms with van der Waals surface area (Å²) < 4.78 is 31.7. The lowest BCUT2D eigenvalue weighted by atomic mass is 9.89. The number of rotatable bonds is 6. The molecule has 39 heavy (non-hydrogen) atoms. The van der Waals surface area contributed by atoms with E-state index in [1.54, 1.807) is 30.5 Å². The van der Waals surface area contributed by atoms with Crippen LogP contribution < -0.4 is 11.1 Å². The molecule has 2 atom stereocenters. The number of fused-ring (bicyclic) bond motifs is 6. The molecule has 2 aromatic heterocycles. The second-order valence-electron chi connectivity index (χ2n) is 9.55. The fourth-order valence-corrected chi connectivity index (χ4v) is 6.54. The number of alkyl halides is 2. The van der Waals surface area contributed by atoms with Crippen LogP contribution in [0.2, 0.25) is 0 Å². The van der Waals surface area contributed by atoms with Crippen LogP contribution in [0.1, 0.15) is 22.4 Å². The smallest absolute Gasteiger partial charge is 0.299 e. The molecule has 5 aromatic rings. The van der Waals surface area contributed by atoms with Crippen LogP contribution in [0.4, 0.5) is 8.78 Å². The monoisotopic (exact) mass is 556 g/mol. The maximum Gasteiger partial charge on any atom is 0.299 e. The Morgan fingerprint density at radius 2 is 1.41 bits per heavy atom. The van der Waals surface area contributed by atoms with E-state index in [1.807, 2.05) is 18.2 Å². The molecule has 7 rings (SSSR count). The van der Waals surface area contributed by atoms with Gasteiger partial charge in [0.1, 0.15) is 23.2 Å². The molecule has 2 N–H and O–H groups in total. The summed E-state index contributed by atoms with van der Waals surface area (Å²) in [6.45, 7) is 0. The first-order valence-corrected chi connectivity index (χ1v) is 14.5. The average molecular weight is 556 g/mol. The molecule has 2 unspecified atom stereocenters. The minimum atomic E-state index is -3.15. The molecule has 0 amide bonds. The second kappa shape index (κ2) is 9.11. The minimum Gasteiger partial charge on any atom is -0.341 e. The molecule has 2 aliphatic rings. The highest BCUT2D eigenvalue weighted by molar-refractivity contribution is 7.62. The number of carbonyl (C=O) groups excluding carboxylic acids is 2. The van der Waals surface area contributed by atoms with E-state index in [0.29, 0.717) is 33.5 Å². The van der Waals surface area contributed by atoms with Crippen molar-refractivity contribution < 1.29 is 18.4 Å². The highest BCUT2D eigenvalue weighted by Gasteiger charge is 2.44. The van der Waals surface area contributed by atoms with Gasteiger partial charge in [-0.3, -0.25) is 9.59 Å². The molecular weight excluding hydrogens is 536 g/mol. The first kappa shape index (κ1) is 24.2. The Morgan fingerprint density at radius 1 is 0.769 bits per heavy atom. The number of aryl methyl sites for hydroxylation is 2. The Morgan fingerprint density at radius 3 is 2.15 bits per heavy atom. The highest BCUT2D eigenvalue weighted by atomic mass is 31.1. The average Bonchev–Trinajstić information content (AvgIpc) is 3.64. The van der Waals surface area contributed by atoms with Crippen molar-refractivity contribution in [1.82, 2.24) is 19.9 Å². The number of aromatic amines is 2. The lowest BCUT2D eigenvalue weighted by Gasteiger charge is -2.17. The first-order valence-electron chi connectivity index (χ1n) is 12.3. The van der Waals surface area contributed by atoms with Gasteiger partial charge in [-0.1, -0.05) is 42.5 Å². The van der Waals surface area contributed by atoms with Gasteiger partial charge in [-0.25, -0.2) is 9.97 Å². The summed E-state index contributed by atoms with van der Waals surface area (Å²) in [5.41, 5.74) is 9.04. The molecule has 2 aliphatic carbocycles. The SMILES string of the molecule is O=CPc1ncc(-c2ccc3c(c2)C(F)(F)c2cc(-c4ccc5c(c4)CCc4[nH]c(PC=O)nc4-5)ccc2-3)[nH]1. The fourth-order valence-electron chi connectivity index (χ4n) is 5.58. The number of hydrogen-bond donors (Lipinski definition) is 2. The molecule has 0 saturated carbocycles. The van der Waals surface area contributed by atoms with Crippen molar-refractivity contribution in [2.45, 2.75) is 18.8 Å². The van der Waals surface area contributed by atoms with Crippen molar-refractivity contribution >= 4 is 40.3 Å². The topological polar surface area (TPSA) is 91.5 Å². The molecule has 6 nitrogen and oxygen atoms in total. The summed E-state index contributed by atoms with van der Waals surface area (Å²) in [4.78, 5) is 36.8. The van der Waals surface area contributed by atoms with Crippen LogP contribution in [0.15, 0.2) is 60.8 Å². The lowest BCUT2D eigenvalue weighted by molar-refractivity contribution is 0.0481. The maximum atomic E-state index is 15.8. The maximum absolute atomic E-state index is 15.8. The molecular formula is C29H20F2N4O2P2. The second-order valence-corrected chi connectivity index (χ2v) is 11.5. The van der Waals surface area contributed by atoms with Gasteiger partial charge >= 0.3 is 0 Å². The van der Waals surface area contributed by atoms with Gasteiger partial charge in [0.15, 0.2) is 0 Å². The van der Waals surface area contributed by atoms with Gasteiger partial charge in [0, 0.05) is 45.1 Å². The number of benzene rings is 3. The Balaban J connectivity index is 1.24. The summed E-state index contributed by atoms with van der Waals surface area (Å²) in [7, 11) is -0.121. The molecule has 0 saturated heterocycles. The zero-order chi connectivity index (χ0) is 26.7. The number of H-pyrrole nitrogens is 2. The molecule has 192 valence electrons. The fraction of sp³-hybridized carbons (Fsp3) is 0.103. The van der Waals surface area contributed by atoms with Crippen LogP contribution in [-0.2, 0) is 28.4 Å². The number of halogens is 2. The van der Waals surface area contributed by atoms with E-state index in [-0.39, 0.29) is 28.3 Å². The molecule has 0 fully saturated rings. The summed E-state index contributed by atoms with van der Waals surface area (Å²) >= 11 is 0. The number of imidazole rings is 2. The summed E-state index contributed by atoms with van der Waals surface area (Å²) in [5.74, 6) is -3.15. The van der Waals surface area contributed by atoms with Gasteiger partial charge < -0.3 is 9.97 Å². The molecule has 10 heteroatoms. The van der Waals surface area contributed by atoms with E-state index in [9.17, 15) is 9.59 Å². The van der Waals surface area contributed by atoms with Crippen LogP contribution in [0, 0.1) is 0 Å². The normalized spacial score (nSPS) is 14.9. The van der Waals surface area contributed by atoms with E-state index in [1.165, 1.54) is 6.07 Å². The van der Waals surface area contributed by atoms with Crippen LogP contribution in [-0.4, -0.2) is 32.0 Å². The summed E-state index contributed by atoms with van der Waals surface area (Å²) in [6.07, 6.45) is 3.16. The predicted octanol–water partition coefficient (Wildman–Crippen LogP) is 5.34. The Bertz CT molecular complexity index is 1810. The van der Waals surface area contributed by atoms with E-state index < -0.39 is 5.92 Å². The number of hydrogen-bond acceptors (Lipinski definition) is 4. The van der Waals surface area contributed by atoms with Crippen molar-refractivity contribution in [1.29, 1.82) is 0 Å². The summed E-state index contributed by atoms with van der Waals surface area (Å²) in [6, 6.07) is 17.9. The van der Waals surface area contributed by atoms with Crippen molar-refractivity contribution in [3.63, 3.8) is 0 Å². The van der Waals surface area contributed by atoms with E-state index in [0.717, 1.165) is 58.5 Å². The van der Waals surface area contributed by atoms with Crippen molar-refractivity contribution in [2.24, 2.45) is 0 Å². The van der Waals surface area contributed by atoms with Gasteiger partial charge in [0.25, 0.3) is 5.92 Å². The highest BCUT2D eigenvalue weighted by Crippen LogP contribution is 2.52. The third-order valence-electron chi connectivity index (χ3n) is 7.40. The van der Waals surface area contributed by atoms with E-state index >= 15 is 8.78 Å². The van der Waals surface area contributed by atoms with Gasteiger partial charge in [0.05, 0.1) is 17.6 Å². The summed E-state index contributed by atoms with van der Waals surface area (Å²) in [5, 5.41) is 0. The third-order valence-corrected chi connectivity index (χ3v) is 8.67. The quantitative estimate of drug-likeness (QED) is 0.218. The molecule has 0 spiro atoms. The predicted molar refractivity (Wildman–Crippen MR) is 152 cm³/mol. The lowest BCUT2D eigenvalue weighted by Crippen LogP contribution is -2.11. The van der Waals surface area contributed by atoms with Crippen LogP contribution in [0.5, 0.6) is 0 Å². The number of nitrogens with zero attached hydrogens (tertiary/aromatic N) is 2. The zero-order valence-electron chi connectivity index (χ0n) is 20.3. The molecule has 0 radical (unpaired) electrons. The minimum absolute atomic E-state index is 0.00769. The van der Waals surface area contributed by atoms with Gasteiger partial charge in [-0.15, -0.1) is 0 Å². The number of aromatic nitrogens is 4. The van der Waals surface area contributed by atoms with E-state index in [2.05, 4.69) is 26.0 Å². The largest absolute Gasteiger partial charge is 0.341 e. The van der Waals surface area contributed by atoms with Crippen LogP contribution >= 0.6 is 17.2 Å². The van der Waals surface area contributed by atoms with Crippen LogP contribution in [0.25, 0.3) is 44.8 Å². The third kappa shape index (κ3) is 3.90. The van der Waals surface area contributed by atoms with Crippen molar-refractivity contribution in [3.8, 4) is 44.8 Å². The molecule has 0 bridgehead atoms. The standard InChI is InChI=1S/C29H20F2N4O2P2/c30-29(31)22-10-16(15-1-5-19-17(9-15)4-8-24-26(19)35-28(33-24)39-14-37)2-6-20(22)21-7-3-18(11-23(21)29)25-12-32-27(34-25)38-13-36/h1-3,5-7,9-14,38-39H,4,8H2,(H,32,34)(H,33,35). The first-order chi connectivity index (χ1) is 19.0. The Kier molecular flexibility index (Phi) is 5.66. The van der Waals surface area contributed by atoms with Crippen molar-refractivity contribution in [2.75, 3.05) is 0 Å². The number of carbonyl (C=O) groups is 2. The van der Waals surface area contributed by atoms with Gasteiger partial charge in [0.2, 0.25) is 0 Å². The van der Waals surface area contributed by atoms with Crippen LogP contribution in [0.3, 0.4) is 0 Å². The van der Waals surface area contributed by atoms with Gasteiger partial charge in [-0.2, -0.15) is 8.78 Å². The Labute approximate surface area is 225 Å².